The molecule has 0 amide bonds. The van der Waals surface area contributed by atoms with Crippen LogP contribution in [0.5, 0.6) is 0 Å². The van der Waals surface area contributed by atoms with E-state index < -0.39 is 0 Å². The van der Waals surface area contributed by atoms with Crippen molar-refractivity contribution in [3.8, 4) is 0 Å². The van der Waals surface area contributed by atoms with Crippen LogP contribution in [0.3, 0.4) is 0 Å². The van der Waals surface area contributed by atoms with Crippen molar-refractivity contribution in [1.82, 2.24) is 0 Å². The maximum Gasteiger partial charge on any atom is -0.0149 e. The fraction of sp³-hybridized carbons (Fsp3) is 0.700. The molecule has 0 heteroatoms. The van der Waals surface area contributed by atoms with Gasteiger partial charge in [0.05, 0.1) is 0 Å². The van der Waals surface area contributed by atoms with Crippen LogP contribution in [0.4, 0.5) is 0 Å². The van der Waals surface area contributed by atoms with E-state index in [1.165, 1.54) is 89.0 Å². The Labute approximate surface area is 127 Å². The van der Waals surface area contributed by atoms with Crippen molar-refractivity contribution >= 4 is 0 Å². The van der Waals surface area contributed by atoms with E-state index in [2.05, 4.69) is 25.1 Å². The minimum Gasteiger partial charge on any atom is -0.0654 e. The summed E-state index contributed by atoms with van der Waals surface area (Å²) in [7, 11) is 0. The monoisotopic (exact) mass is 273 g/mol. The number of rotatable bonds is 13. The van der Waals surface area contributed by atoms with Gasteiger partial charge in [0.25, 0.3) is 0 Å². The molecular weight excluding hydrogens is 240 g/mol. The number of aryl methyl sites for hydroxylation is 1. The van der Waals surface area contributed by atoms with E-state index in [4.69, 9.17) is 0 Å². The summed E-state index contributed by atoms with van der Waals surface area (Å²) in [6.45, 7) is 2.29. The Bertz CT molecular complexity index is 288. The summed E-state index contributed by atoms with van der Waals surface area (Å²) >= 11 is 0. The Kier molecular flexibility index (Phi) is 11.4. The molecule has 0 aliphatic carbocycles. The molecule has 1 radical (unpaired) electrons. The highest BCUT2D eigenvalue weighted by atomic mass is 14.0. The van der Waals surface area contributed by atoms with Gasteiger partial charge in [0.15, 0.2) is 0 Å². The van der Waals surface area contributed by atoms with Crippen LogP contribution in [-0.2, 0) is 6.42 Å². The fourth-order valence-electron chi connectivity index (χ4n) is 2.74. The van der Waals surface area contributed by atoms with Crippen molar-refractivity contribution in [2.24, 2.45) is 0 Å². The Morgan fingerprint density at radius 2 is 1.25 bits per heavy atom. The highest BCUT2D eigenvalue weighted by molar-refractivity contribution is 5.12. The fourth-order valence-corrected chi connectivity index (χ4v) is 2.74. The Hall–Kier alpha value is -0.780. The molecule has 1 aromatic rings. The molecule has 0 atom stereocenters. The maximum atomic E-state index is 3.31. The Balaban J connectivity index is 1.77. The molecule has 0 aliphatic heterocycles. The van der Waals surface area contributed by atoms with E-state index >= 15 is 0 Å². The maximum absolute atomic E-state index is 3.31. The number of benzene rings is 1. The lowest BCUT2D eigenvalue weighted by atomic mass is 10.0. The van der Waals surface area contributed by atoms with Crippen LogP contribution in [0.25, 0.3) is 0 Å². The SMILES string of the molecule is CCCCCCCCCCCCCCc1[c]cccc1. The van der Waals surface area contributed by atoms with Crippen molar-refractivity contribution < 1.29 is 0 Å². The predicted molar refractivity (Wildman–Crippen MR) is 90.1 cm³/mol. The van der Waals surface area contributed by atoms with E-state index in [9.17, 15) is 0 Å². The molecule has 0 bridgehead atoms. The standard InChI is InChI=1S/C20H33/c1-2-3-4-5-6-7-8-9-10-11-12-14-17-20-18-15-13-16-19-20/h13,15-16,18H,2-12,14,17H2,1H3. The third-order valence-corrected chi connectivity index (χ3v) is 4.07. The van der Waals surface area contributed by atoms with E-state index in [0.29, 0.717) is 0 Å². The van der Waals surface area contributed by atoms with Gasteiger partial charge in [-0.25, -0.2) is 0 Å². The molecule has 0 aromatic heterocycles. The van der Waals surface area contributed by atoms with Crippen LogP contribution < -0.4 is 0 Å². The van der Waals surface area contributed by atoms with Gasteiger partial charge in [-0.1, -0.05) is 102 Å². The van der Waals surface area contributed by atoms with Gasteiger partial charge in [-0.2, -0.15) is 0 Å². The third-order valence-electron chi connectivity index (χ3n) is 4.07. The molecule has 113 valence electrons. The van der Waals surface area contributed by atoms with Crippen LogP contribution in [0.1, 0.15) is 89.5 Å². The van der Waals surface area contributed by atoms with Crippen LogP contribution >= 0.6 is 0 Å². The molecule has 0 heterocycles. The summed E-state index contributed by atoms with van der Waals surface area (Å²) < 4.78 is 0. The smallest absolute Gasteiger partial charge is 0.0149 e. The van der Waals surface area contributed by atoms with Crippen molar-refractivity contribution in [2.45, 2.75) is 90.4 Å². The van der Waals surface area contributed by atoms with Gasteiger partial charge in [0.2, 0.25) is 0 Å². The molecule has 0 fully saturated rings. The Morgan fingerprint density at radius 1 is 0.700 bits per heavy atom. The van der Waals surface area contributed by atoms with E-state index in [0.717, 1.165) is 0 Å². The molecular formula is C20H33. The van der Waals surface area contributed by atoms with E-state index in [-0.39, 0.29) is 0 Å². The Morgan fingerprint density at radius 3 is 1.75 bits per heavy atom. The first-order valence-electron chi connectivity index (χ1n) is 8.89. The van der Waals surface area contributed by atoms with Crippen molar-refractivity contribution in [3.63, 3.8) is 0 Å². The summed E-state index contributed by atoms with van der Waals surface area (Å²) in [5.74, 6) is 0. The number of unbranched alkanes of at least 4 members (excludes halogenated alkanes) is 11. The number of hydrogen-bond donors (Lipinski definition) is 0. The van der Waals surface area contributed by atoms with Gasteiger partial charge in [-0.05, 0) is 24.5 Å². The highest BCUT2D eigenvalue weighted by Crippen LogP contribution is 2.13. The summed E-state index contributed by atoms with van der Waals surface area (Å²) in [5, 5.41) is 0. The summed E-state index contributed by atoms with van der Waals surface area (Å²) in [6.07, 6.45) is 18.3. The van der Waals surface area contributed by atoms with Crippen molar-refractivity contribution in [3.05, 3.63) is 35.9 Å². The topological polar surface area (TPSA) is 0 Å². The largest absolute Gasteiger partial charge is 0.0654 e. The van der Waals surface area contributed by atoms with Crippen LogP contribution in [0.2, 0.25) is 0 Å². The third kappa shape index (κ3) is 10.1. The number of hydrogen-bond acceptors (Lipinski definition) is 0. The van der Waals surface area contributed by atoms with Gasteiger partial charge in [-0.15, -0.1) is 0 Å². The van der Waals surface area contributed by atoms with Crippen LogP contribution in [0.15, 0.2) is 24.3 Å². The zero-order valence-corrected chi connectivity index (χ0v) is 13.5. The quantitative estimate of drug-likeness (QED) is 0.349. The minimum atomic E-state index is 1.21. The zero-order valence-electron chi connectivity index (χ0n) is 13.5. The van der Waals surface area contributed by atoms with Crippen LogP contribution in [0, 0.1) is 6.07 Å². The first kappa shape index (κ1) is 17.3. The lowest BCUT2D eigenvalue weighted by molar-refractivity contribution is 0.544. The lowest BCUT2D eigenvalue weighted by Gasteiger charge is -2.03. The first-order valence-corrected chi connectivity index (χ1v) is 8.89. The molecule has 0 saturated heterocycles. The molecule has 0 saturated carbocycles. The second kappa shape index (κ2) is 13.2. The van der Waals surface area contributed by atoms with Gasteiger partial charge in [0.1, 0.15) is 0 Å². The van der Waals surface area contributed by atoms with E-state index in [1.54, 1.807) is 0 Å². The zero-order chi connectivity index (χ0) is 14.3. The van der Waals surface area contributed by atoms with Gasteiger partial charge in [-0.3, -0.25) is 0 Å². The second-order valence-corrected chi connectivity index (χ2v) is 6.03. The molecule has 0 aliphatic rings. The second-order valence-electron chi connectivity index (χ2n) is 6.03. The normalized spacial score (nSPS) is 10.8. The lowest BCUT2D eigenvalue weighted by Crippen LogP contribution is -1.86. The van der Waals surface area contributed by atoms with Crippen molar-refractivity contribution in [2.75, 3.05) is 0 Å². The summed E-state index contributed by atoms with van der Waals surface area (Å²) in [6, 6.07) is 11.7. The summed E-state index contributed by atoms with van der Waals surface area (Å²) in [5.41, 5.74) is 1.37. The molecule has 0 N–H and O–H groups in total. The summed E-state index contributed by atoms with van der Waals surface area (Å²) in [4.78, 5) is 0. The molecule has 0 unspecified atom stereocenters. The minimum absolute atomic E-state index is 1.21. The van der Waals surface area contributed by atoms with Gasteiger partial charge < -0.3 is 0 Å². The van der Waals surface area contributed by atoms with Gasteiger partial charge in [0, 0.05) is 0 Å². The predicted octanol–water partition coefficient (Wildman–Crippen LogP) is 6.73. The molecule has 0 nitrogen and oxygen atoms in total. The van der Waals surface area contributed by atoms with E-state index in [1.807, 2.05) is 12.1 Å². The molecule has 1 rings (SSSR count). The average molecular weight is 273 g/mol. The first-order chi connectivity index (χ1) is 9.93. The highest BCUT2D eigenvalue weighted by Gasteiger charge is 1.95. The molecule has 20 heavy (non-hydrogen) atoms. The van der Waals surface area contributed by atoms with Crippen LogP contribution in [-0.4, -0.2) is 0 Å². The molecule has 0 spiro atoms. The van der Waals surface area contributed by atoms with Gasteiger partial charge >= 0.3 is 0 Å². The molecule has 1 aromatic carbocycles. The van der Waals surface area contributed by atoms with Crippen molar-refractivity contribution in [1.29, 1.82) is 0 Å². The average Bonchev–Trinajstić information content (AvgIpc) is 2.49.